The predicted molar refractivity (Wildman–Crippen MR) is 89.3 cm³/mol. The number of carbonyl (C=O) groups excluding carboxylic acids is 1. The Labute approximate surface area is 145 Å². The van der Waals surface area contributed by atoms with Gasteiger partial charge < -0.3 is 9.21 Å². The van der Waals surface area contributed by atoms with Crippen molar-refractivity contribution in [3.05, 3.63) is 40.3 Å². The second-order valence-electron chi connectivity index (χ2n) is 7.15. The normalized spacial score (nSPS) is 28.1. The van der Waals surface area contributed by atoms with E-state index in [2.05, 4.69) is 22.0 Å². The SMILES string of the molecule is [C-]#[N+]C1=C[C@]2(C)c3nn(C)c(-c4nnc(C)o4)c3CC[C@H]2[C@H](C)C1=O. The lowest BCUT2D eigenvalue weighted by Crippen LogP contribution is -2.45. The van der Waals surface area contributed by atoms with Crippen LogP contribution in [0.2, 0.25) is 0 Å². The lowest BCUT2D eigenvalue weighted by molar-refractivity contribution is -0.121. The van der Waals surface area contributed by atoms with Crippen molar-refractivity contribution < 1.29 is 9.21 Å². The average Bonchev–Trinajstić information content (AvgIpc) is 3.14. The molecule has 0 saturated carbocycles. The van der Waals surface area contributed by atoms with E-state index in [0.29, 0.717) is 11.8 Å². The first-order valence-electron chi connectivity index (χ1n) is 8.38. The van der Waals surface area contributed by atoms with Gasteiger partial charge in [-0.25, -0.2) is 4.85 Å². The highest BCUT2D eigenvalue weighted by Crippen LogP contribution is 2.51. The van der Waals surface area contributed by atoms with E-state index in [1.54, 1.807) is 11.6 Å². The second-order valence-corrected chi connectivity index (χ2v) is 7.15. The van der Waals surface area contributed by atoms with Crippen LogP contribution in [0.15, 0.2) is 16.2 Å². The van der Waals surface area contributed by atoms with Gasteiger partial charge in [-0.1, -0.05) is 19.9 Å². The van der Waals surface area contributed by atoms with Crippen molar-refractivity contribution in [1.29, 1.82) is 0 Å². The molecule has 7 heteroatoms. The summed E-state index contributed by atoms with van der Waals surface area (Å²) in [7, 11) is 1.86. The van der Waals surface area contributed by atoms with Gasteiger partial charge >= 0.3 is 0 Å². The molecule has 2 heterocycles. The smallest absolute Gasteiger partial charge is 0.266 e. The lowest BCUT2D eigenvalue weighted by atomic mass is 9.58. The molecule has 25 heavy (non-hydrogen) atoms. The molecule has 0 fully saturated rings. The zero-order chi connectivity index (χ0) is 17.9. The van der Waals surface area contributed by atoms with Crippen LogP contribution in [0.25, 0.3) is 16.4 Å². The standard InChI is InChI=1S/C18H19N5O2/c1-9-12-7-6-11-14(17-21-20-10(2)25-17)23(5)22-16(11)18(12,3)8-13(19-4)15(9)24/h8-9,12H,6-7H2,1-3,5H3/t9-,12-,18-/m0/s1. The molecular formula is C18H19N5O2. The van der Waals surface area contributed by atoms with Crippen molar-refractivity contribution in [2.45, 2.75) is 39.0 Å². The van der Waals surface area contributed by atoms with Crippen molar-refractivity contribution in [2.75, 3.05) is 0 Å². The lowest BCUT2D eigenvalue weighted by Gasteiger charge is -2.44. The third-order valence-corrected chi connectivity index (χ3v) is 5.69. The van der Waals surface area contributed by atoms with Crippen LogP contribution >= 0.6 is 0 Å². The fourth-order valence-corrected chi connectivity index (χ4v) is 4.48. The molecule has 7 nitrogen and oxygen atoms in total. The van der Waals surface area contributed by atoms with Gasteiger partial charge in [-0.3, -0.25) is 4.68 Å². The van der Waals surface area contributed by atoms with Gasteiger partial charge in [-0.2, -0.15) is 5.10 Å². The second kappa shape index (κ2) is 5.12. The zero-order valence-corrected chi connectivity index (χ0v) is 14.7. The van der Waals surface area contributed by atoms with Gasteiger partial charge in [0.15, 0.2) is 5.78 Å². The molecule has 4 rings (SSSR count). The van der Waals surface area contributed by atoms with Crippen molar-refractivity contribution in [1.82, 2.24) is 20.0 Å². The van der Waals surface area contributed by atoms with E-state index >= 15 is 0 Å². The maximum atomic E-state index is 12.4. The molecule has 0 aromatic carbocycles. The molecule has 0 radical (unpaired) electrons. The number of allylic oxidation sites excluding steroid dienone is 2. The van der Waals surface area contributed by atoms with Crippen molar-refractivity contribution in [3.8, 4) is 11.6 Å². The summed E-state index contributed by atoms with van der Waals surface area (Å²) < 4.78 is 7.40. The Balaban J connectivity index is 1.94. The summed E-state index contributed by atoms with van der Waals surface area (Å²) in [5.74, 6) is 0.889. The highest BCUT2D eigenvalue weighted by atomic mass is 16.4. The van der Waals surface area contributed by atoms with Gasteiger partial charge in [0.2, 0.25) is 11.6 Å². The molecule has 3 atom stereocenters. The first-order valence-corrected chi connectivity index (χ1v) is 8.38. The number of aromatic nitrogens is 4. The Bertz CT molecular complexity index is 961. The van der Waals surface area contributed by atoms with Crippen LogP contribution in [0.3, 0.4) is 0 Å². The van der Waals surface area contributed by atoms with Crippen LogP contribution in [0.5, 0.6) is 0 Å². The van der Waals surface area contributed by atoms with Crippen LogP contribution in [0.1, 0.15) is 37.4 Å². The van der Waals surface area contributed by atoms with Gasteiger partial charge in [0.05, 0.1) is 12.3 Å². The quantitative estimate of drug-likeness (QED) is 0.748. The number of Topliss-reactive ketones (excluding diaryl/α,β-unsaturated/α-hetero) is 1. The fraction of sp³-hybridized carbons (Fsp3) is 0.500. The van der Waals surface area contributed by atoms with E-state index in [-0.39, 0.29) is 23.3 Å². The minimum Gasteiger partial charge on any atom is -0.420 e. The summed E-state index contributed by atoms with van der Waals surface area (Å²) >= 11 is 0. The Morgan fingerprint density at radius 3 is 2.84 bits per heavy atom. The number of rotatable bonds is 1. The number of ketones is 1. The largest absolute Gasteiger partial charge is 0.420 e. The van der Waals surface area contributed by atoms with Gasteiger partial charge in [0.1, 0.15) is 5.69 Å². The Morgan fingerprint density at radius 1 is 1.44 bits per heavy atom. The summed E-state index contributed by atoms with van der Waals surface area (Å²) in [6.45, 7) is 13.1. The molecule has 0 N–H and O–H groups in total. The fourth-order valence-electron chi connectivity index (χ4n) is 4.48. The molecule has 0 bridgehead atoms. The molecule has 0 aliphatic heterocycles. The number of hydrogen-bond acceptors (Lipinski definition) is 5. The number of aryl methyl sites for hydroxylation is 2. The minimum absolute atomic E-state index is 0.0513. The summed E-state index contributed by atoms with van der Waals surface area (Å²) in [5, 5.41) is 12.8. The molecular weight excluding hydrogens is 318 g/mol. The van der Waals surface area contributed by atoms with Crippen LogP contribution in [-0.4, -0.2) is 25.8 Å². The van der Waals surface area contributed by atoms with Crippen LogP contribution in [-0.2, 0) is 23.7 Å². The van der Waals surface area contributed by atoms with E-state index in [9.17, 15) is 4.79 Å². The third kappa shape index (κ3) is 2.03. The van der Waals surface area contributed by atoms with Crippen molar-refractivity contribution in [3.63, 3.8) is 0 Å². The van der Waals surface area contributed by atoms with E-state index < -0.39 is 5.41 Å². The van der Waals surface area contributed by atoms with Crippen LogP contribution < -0.4 is 0 Å². The Morgan fingerprint density at radius 2 is 2.20 bits per heavy atom. The van der Waals surface area contributed by atoms with Gasteiger partial charge in [-0.15, -0.1) is 10.2 Å². The maximum Gasteiger partial charge on any atom is 0.266 e. The topological polar surface area (TPSA) is 78.2 Å². The molecule has 0 amide bonds. The van der Waals surface area contributed by atoms with E-state index in [0.717, 1.165) is 29.8 Å². The highest BCUT2D eigenvalue weighted by molar-refractivity contribution is 6.00. The monoisotopic (exact) mass is 337 g/mol. The summed E-state index contributed by atoms with van der Waals surface area (Å²) in [5.41, 5.74) is 2.61. The number of fused-ring (bicyclic) bond motifs is 3. The highest BCUT2D eigenvalue weighted by Gasteiger charge is 2.50. The Hall–Kier alpha value is -2.75. The van der Waals surface area contributed by atoms with Crippen molar-refractivity contribution in [2.24, 2.45) is 18.9 Å². The van der Waals surface area contributed by atoms with Crippen LogP contribution in [0, 0.1) is 25.3 Å². The molecule has 128 valence electrons. The predicted octanol–water partition coefficient (Wildman–Crippen LogP) is 2.62. The van der Waals surface area contributed by atoms with Gasteiger partial charge in [0, 0.05) is 30.9 Å². The third-order valence-electron chi connectivity index (χ3n) is 5.69. The molecule has 0 unspecified atom stereocenters. The summed E-state index contributed by atoms with van der Waals surface area (Å²) in [6.07, 6.45) is 3.49. The molecule has 2 aliphatic carbocycles. The minimum atomic E-state index is -0.439. The van der Waals surface area contributed by atoms with E-state index in [1.807, 2.05) is 20.0 Å². The molecule has 0 saturated heterocycles. The summed E-state index contributed by atoms with van der Waals surface area (Å²) in [4.78, 5) is 15.9. The first kappa shape index (κ1) is 15.8. The van der Waals surface area contributed by atoms with E-state index in [1.165, 1.54) is 0 Å². The van der Waals surface area contributed by atoms with Gasteiger partial charge in [0.25, 0.3) is 5.89 Å². The Kier molecular flexibility index (Phi) is 3.23. The number of carbonyl (C=O) groups is 1. The summed E-state index contributed by atoms with van der Waals surface area (Å²) in [6, 6.07) is 0. The first-order chi connectivity index (χ1) is 11.9. The van der Waals surface area contributed by atoms with E-state index in [4.69, 9.17) is 16.1 Å². The number of nitrogens with zero attached hydrogens (tertiary/aromatic N) is 5. The zero-order valence-electron chi connectivity index (χ0n) is 14.7. The number of hydrogen-bond donors (Lipinski definition) is 0. The van der Waals surface area contributed by atoms with Crippen molar-refractivity contribution >= 4 is 5.78 Å². The van der Waals surface area contributed by atoms with Crippen LogP contribution in [0.4, 0.5) is 0 Å². The average molecular weight is 337 g/mol. The molecule has 0 spiro atoms. The molecule has 2 aromatic rings. The van der Waals surface area contributed by atoms with Gasteiger partial charge in [-0.05, 0) is 18.8 Å². The molecule has 2 aromatic heterocycles. The molecule has 2 aliphatic rings. The maximum absolute atomic E-state index is 12.4.